The molecule has 0 saturated heterocycles. The van der Waals surface area contributed by atoms with E-state index < -0.39 is 0 Å². The van der Waals surface area contributed by atoms with Gasteiger partial charge in [-0.1, -0.05) is 6.07 Å². The summed E-state index contributed by atoms with van der Waals surface area (Å²) in [6.45, 7) is 1.94. The van der Waals surface area contributed by atoms with Crippen molar-refractivity contribution in [1.29, 1.82) is 0 Å². The van der Waals surface area contributed by atoms with Gasteiger partial charge in [-0.3, -0.25) is 0 Å². The van der Waals surface area contributed by atoms with Gasteiger partial charge in [0.05, 0.1) is 0 Å². The highest BCUT2D eigenvalue weighted by Crippen LogP contribution is 2.26. The Morgan fingerprint density at radius 3 is 2.80 bits per heavy atom. The quantitative estimate of drug-likeness (QED) is 0.887. The summed E-state index contributed by atoms with van der Waals surface area (Å²) in [5.41, 5.74) is 6.77. The van der Waals surface area contributed by atoms with E-state index in [0.29, 0.717) is 0 Å². The van der Waals surface area contributed by atoms with Crippen LogP contribution < -0.4 is 5.73 Å². The molecular weight excluding hydrogens is 228 g/mol. The zero-order chi connectivity index (χ0) is 10.7. The van der Waals surface area contributed by atoms with Gasteiger partial charge >= 0.3 is 0 Å². The molecule has 0 bridgehead atoms. The predicted molar refractivity (Wildman–Crippen MR) is 60.9 cm³/mol. The third kappa shape index (κ3) is 2.74. The minimum absolute atomic E-state index is 0.0260. The van der Waals surface area contributed by atoms with Gasteiger partial charge < -0.3 is 5.73 Å². The van der Waals surface area contributed by atoms with Crippen LogP contribution in [-0.2, 0) is 0 Å². The standard InChI is InChI=1S/C9H10N4S2/c1-6(10)7-2-3-8(11-4-7)14-9-12-5-13-15-9/h2-6H,10H2,1H3/t6-/m1/s1. The summed E-state index contributed by atoms with van der Waals surface area (Å²) in [5, 5.41) is 0.913. The van der Waals surface area contributed by atoms with Gasteiger partial charge in [0.1, 0.15) is 11.4 Å². The second-order valence-corrected chi connectivity index (χ2v) is 5.08. The largest absolute Gasteiger partial charge is 0.324 e. The number of hydrogen-bond donors (Lipinski definition) is 1. The molecular formula is C9H10N4S2. The summed E-state index contributed by atoms with van der Waals surface area (Å²) >= 11 is 2.87. The van der Waals surface area contributed by atoms with Crippen LogP contribution in [0, 0.1) is 0 Å². The molecule has 2 aromatic rings. The molecule has 15 heavy (non-hydrogen) atoms. The molecule has 0 saturated carbocycles. The molecule has 1 atom stereocenters. The molecule has 0 fully saturated rings. The van der Waals surface area contributed by atoms with Crippen LogP contribution in [0.4, 0.5) is 0 Å². The molecule has 2 aromatic heterocycles. The molecule has 0 aliphatic rings. The SMILES string of the molecule is C[C@@H](N)c1ccc(Sc2ncns2)nc1. The van der Waals surface area contributed by atoms with Gasteiger partial charge in [0.25, 0.3) is 0 Å². The summed E-state index contributed by atoms with van der Waals surface area (Å²) in [5.74, 6) is 0. The average Bonchev–Trinajstić information content (AvgIpc) is 2.71. The Morgan fingerprint density at radius 2 is 2.27 bits per heavy atom. The number of hydrogen-bond acceptors (Lipinski definition) is 6. The third-order valence-electron chi connectivity index (χ3n) is 1.82. The van der Waals surface area contributed by atoms with E-state index in [-0.39, 0.29) is 6.04 Å². The van der Waals surface area contributed by atoms with E-state index in [9.17, 15) is 0 Å². The van der Waals surface area contributed by atoms with Crippen LogP contribution in [-0.4, -0.2) is 14.3 Å². The zero-order valence-electron chi connectivity index (χ0n) is 8.12. The first-order valence-electron chi connectivity index (χ1n) is 4.42. The van der Waals surface area contributed by atoms with Crippen LogP contribution >= 0.6 is 23.3 Å². The van der Waals surface area contributed by atoms with Crippen LogP contribution in [0.5, 0.6) is 0 Å². The molecule has 0 radical (unpaired) electrons. The van der Waals surface area contributed by atoms with E-state index in [2.05, 4.69) is 14.3 Å². The zero-order valence-corrected chi connectivity index (χ0v) is 9.76. The van der Waals surface area contributed by atoms with Crippen LogP contribution in [0.1, 0.15) is 18.5 Å². The lowest BCUT2D eigenvalue weighted by molar-refractivity contribution is 0.806. The van der Waals surface area contributed by atoms with Crippen molar-refractivity contribution >= 4 is 23.3 Å². The van der Waals surface area contributed by atoms with Crippen LogP contribution in [0.2, 0.25) is 0 Å². The van der Waals surface area contributed by atoms with Gasteiger partial charge in [0, 0.05) is 12.2 Å². The first-order valence-corrected chi connectivity index (χ1v) is 6.01. The Labute approximate surface area is 96.1 Å². The van der Waals surface area contributed by atoms with Crippen molar-refractivity contribution < 1.29 is 0 Å². The highest BCUT2D eigenvalue weighted by molar-refractivity contribution is 8.00. The fraction of sp³-hybridized carbons (Fsp3) is 0.222. The van der Waals surface area contributed by atoms with Crippen molar-refractivity contribution in [3.8, 4) is 0 Å². The van der Waals surface area contributed by atoms with Gasteiger partial charge in [-0.15, -0.1) is 0 Å². The Kier molecular flexibility index (Phi) is 3.30. The number of nitrogens with zero attached hydrogens (tertiary/aromatic N) is 3. The average molecular weight is 238 g/mol. The van der Waals surface area contributed by atoms with Crippen molar-refractivity contribution in [3.05, 3.63) is 30.2 Å². The van der Waals surface area contributed by atoms with Gasteiger partial charge in [-0.05, 0) is 41.8 Å². The van der Waals surface area contributed by atoms with E-state index in [1.54, 1.807) is 12.5 Å². The van der Waals surface area contributed by atoms with Crippen LogP contribution in [0.3, 0.4) is 0 Å². The summed E-state index contributed by atoms with van der Waals surface area (Å²) in [4.78, 5) is 8.37. The lowest BCUT2D eigenvalue weighted by atomic mass is 10.2. The summed E-state index contributed by atoms with van der Waals surface area (Å²) < 4.78 is 4.83. The van der Waals surface area contributed by atoms with Crippen molar-refractivity contribution in [3.63, 3.8) is 0 Å². The molecule has 0 spiro atoms. The van der Waals surface area contributed by atoms with E-state index in [1.807, 2.05) is 19.1 Å². The second-order valence-electron chi connectivity index (χ2n) is 3.03. The Bertz CT molecular complexity index is 410. The highest BCUT2D eigenvalue weighted by atomic mass is 32.2. The smallest absolute Gasteiger partial charge is 0.175 e. The topological polar surface area (TPSA) is 64.7 Å². The molecule has 6 heteroatoms. The first-order chi connectivity index (χ1) is 7.25. The van der Waals surface area contributed by atoms with Crippen molar-refractivity contribution in [2.24, 2.45) is 5.73 Å². The fourth-order valence-electron chi connectivity index (χ4n) is 1.02. The second kappa shape index (κ2) is 4.69. The molecule has 2 N–H and O–H groups in total. The molecule has 0 amide bonds. The summed E-state index contributed by atoms with van der Waals surface area (Å²) in [6, 6.07) is 3.96. The van der Waals surface area contributed by atoms with Gasteiger partial charge in [-0.25, -0.2) is 9.97 Å². The third-order valence-corrected chi connectivity index (χ3v) is 3.48. The number of pyridine rings is 1. The maximum Gasteiger partial charge on any atom is 0.175 e. The Balaban J connectivity index is 2.11. The molecule has 0 aliphatic carbocycles. The molecule has 0 unspecified atom stereocenters. The maximum atomic E-state index is 5.73. The van der Waals surface area contributed by atoms with E-state index in [0.717, 1.165) is 14.9 Å². The number of nitrogens with two attached hydrogens (primary N) is 1. The van der Waals surface area contributed by atoms with Gasteiger partial charge in [0.15, 0.2) is 4.34 Å². The van der Waals surface area contributed by atoms with Crippen molar-refractivity contribution in [1.82, 2.24) is 14.3 Å². The lowest BCUT2D eigenvalue weighted by Gasteiger charge is -2.04. The van der Waals surface area contributed by atoms with E-state index in [1.165, 1.54) is 23.3 Å². The summed E-state index contributed by atoms with van der Waals surface area (Å²) in [6.07, 6.45) is 3.34. The Hall–Kier alpha value is -0.980. The minimum atomic E-state index is 0.0260. The van der Waals surface area contributed by atoms with Crippen molar-refractivity contribution in [2.45, 2.75) is 22.3 Å². The number of rotatable bonds is 3. The van der Waals surface area contributed by atoms with Gasteiger partial charge in [-0.2, -0.15) is 4.37 Å². The van der Waals surface area contributed by atoms with E-state index in [4.69, 9.17) is 5.73 Å². The van der Waals surface area contributed by atoms with E-state index >= 15 is 0 Å². The first kappa shape index (κ1) is 10.5. The lowest BCUT2D eigenvalue weighted by Crippen LogP contribution is -2.04. The predicted octanol–water partition coefficient (Wildman–Crippen LogP) is 2.10. The molecule has 2 rings (SSSR count). The monoisotopic (exact) mass is 238 g/mol. The van der Waals surface area contributed by atoms with Crippen LogP contribution in [0.15, 0.2) is 34.0 Å². The van der Waals surface area contributed by atoms with Crippen LogP contribution in [0.25, 0.3) is 0 Å². The fourth-order valence-corrected chi connectivity index (χ4v) is 2.35. The molecule has 0 aromatic carbocycles. The van der Waals surface area contributed by atoms with Gasteiger partial charge in [0.2, 0.25) is 0 Å². The normalized spacial score (nSPS) is 12.7. The molecule has 0 aliphatic heterocycles. The minimum Gasteiger partial charge on any atom is -0.324 e. The Morgan fingerprint density at radius 1 is 1.40 bits per heavy atom. The molecule has 2 heterocycles. The maximum absolute atomic E-state index is 5.73. The molecule has 78 valence electrons. The molecule has 4 nitrogen and oxygen atoms in total. The summed E-state index contributed by atoms with van der Waals surface area (Å²) in [7, 11) is 0. The van der Waals surface area contributed by atoms with Crippen molar-refractivity contribution in [2.75, 3.05) is 0 Å². The highest BCUT2D eigenvalue weighted by Gasteiger charge is 2.03. The number of aromatic nitrogens is 3.